The number of imide groups is 1. The van der Waals surface area contributed by atoms with Gasteiger partial charge in [0, 0.05) is 71.5 Å². The van der Waals surface area contributed by atoms with Crippen LogP contribution < -0.4 is 5.32 Å². The van der Waals surface area contributed by atoms with Crippen LogP contribution in [-0.4, -0.2) is 46.0 Å². The summed E-state index contributed by atoms with van der Waals surface area (Å²) in [6.45, 7) is 3.14. The Morgan fingerprint density at radius 2 is 1.46 bits per heavy atom. The standard InChI is InChI=1S/C28H26N4O2.ClH/c1-30-12-16-11-23-24(19-8-4-6-10-22(19)32(23)14-17(16)13-30)26-25(27(33)29-28(26)34)20-15-31(2)21-9-5-3-7-18(20)21;/h3-10,15-17H,11-14H2,1-2H3,(H,29,33,34);1H/t16-,17-;/m1./s1. The van der Waals surface area contributed by atoms with Crippen LogP contribution in [0.3, 0.4) is 0 Å². The minimum Gasteiger partial charge on any atom is -0.350 e. The fraction of sp³-hybridized carbons (Fsp3) is 0.286. The van der Waals surface area contributed by atoms with E-state index in [1.807, 2.05) is 48.1 Å². The first kappa shape index (κ1) is 22.1. The molecule has 6 nitrogen and oxygen atoms in total. The van der Waals surface area contributed by atoms with Crippen LogP contribution in [0.4, 0.5) is 0 Å². The van der Waals surface area contributed by atoms with E-state index in [0.717, 1.165) is 59.0 Å². The van der Waals surface area contributed by atoms with E-state index >= 15 is 0 Å². The number of hydrogen-bond acceptors (Lipinski definition) is 3. The van der Waals surface area contributed by atoms with Crippen LogP contribution in [0, 0.1) is 11.8 Å². The first-order chi connectivity index (χ1) is 16.5. The van der Waals surface area contributed by atoms with Crippen molar-refractivity contribution in [2.24, 2.45) is 18.9 Å². The minimum absolute atomic E-state index is 0. The summed E-state index contributed by atoms with van der Waals surface area (Å²) >= 11 is 0. The van der Waals surface area contributed by atoms with Crippen LogP contribution in [-0.2, 0) is 29.6 Å². The molecule has 4 aromatic rings. The number of aryl methyl sites for hydroxylation is 1. The van der Waals surface area contributed by atoms with Gasteiger partial charge in [-0.3, -0.25) is 14.9 Å². The second-order valence-electron chi connectivity index (χ2n) is 10.1. The molecule has 0 spiro atoms. The van der Waals surface area contributed by atoms with Crippen LogP contribution in [0.5, 0.6) is 0 Å². The van der Waals surface area contributed by atoms with E-state index in [-0.39, 0.29) is 24.2 Å². The number of hydrogen-bond donors (Lipinski definition) is 1. The Hall–Kier alpha value is -3.35. The molecule has 0 radical (unpaired) electrons. The van der Waals surface area contributed by atoms with Gasteiger partial charge in [-0.1, -0.05) is 36.4 Å². The maximum absolute atomic E-state index is 13.4. The highest BCUT2D eigenvalue weighted by Gasteiger charge is 2.41. The molecular formula is C28H27ClN4O2. The quantitative estimate of drug-likeness (QED) is 0.438. The number of para-hydroxylation sites is 2. The molecule has 2 aromatic carbocycles. The molecule has 1 saturated heterocycles. The highest BCUT2D eigenvalue weighted by atomic mass is 35.5. The lowest BCUT2D eigenvalue weighted by molar-refractivity contribution is -0.122. The molecule has 1 N–H and O–H groups in total. The Morgan fingerprint density at radius 1 is 0.800 bits per heavy atom. The van der Waals surface area contributed by atoms with Crippen molar-refractivity contribution in [2.75, 3.05) is 20.1 Å². The highest BCUT2D eigenvalue weighted by Crippen LogP contribution is 2.44. The molecule has 0 unspecified atom stereocenters. The van der Waals surface area contributed by atoms with Gasteiger partial charge >= 0.3 is 0 Å². The van der Waals surface area contributed by atoms with Crippen LogP contribution in [0.1, 0.15) is 16.8 Å². The van der Waals surface area contributed by atoms with Gasteiger partial charge in [0.05, 0.1) is 11.1 Å². The van der Waals surface area contributed by atoms with Gasteiger partial charge in [-0.05, 0) is 37.4 Å². The summed E-state index contributed by atoms with van der Waals surface area (Å²) in [5.74, 6) is 0.585. The Labute approximate surface area is 209 Å². The van der Waals surface area contributed by atoms with E-state index in [1.165, 1.54) is 5.69 Å². The van der Waals surface area contributed by atoms with Crippen LogP contribution in [0.15, 0.2) is 54.7 Å². The van der Waals surface area contributed by atoms with Crippen molar-refractivity contribution >= 4 is 57.2 Å². The number of nitrogens with zero attached hydrogens (tertiary/aromatic N) is 3. The Balaban J connectivity index is 0.00000229. The SMILES string of the molecule is CN1C[C@H]2Cc3c(C4=C(c5cn(C)c6ccccc56)C(=O)NC4=O)c4ccccc4n3C[C@H]2C1.Cl. The van der Waals surface area contributed by atoms with Crippen molar-refractivity contribution < 1.29 is 9.59 Å². The number of benzene rings is 2. The van der Waals surface area contributed by atoms with E-state index < -0.39 is 0 Å². The average molecular weight is 487 g/mol. The van der Waals surface area contributed by atoms with Crippen molar-refractivity contribution in [1.82, 2.24) is 19.4 Å². The molecule has 3 aliphatic heterocycles. The first-order valence-electron chi connectivity index (χ1n) is 11.9. The summed E-state index contributed by atoms with van der Waals surface area (Å²) in [7, 11) is 4.17. The van der Waals surface area contributed by atoms with Crippen molar-refractivity contribution in [3.8, 4) is 0 Å². The van der Waals surface area contributed by atoms with Gasteiger partial charge in [-0.25, -0.2) is 0 Å². The largest absolute Gasteiger partial charge is 0.350 e. The second-order valence-corrected chi connectivity index (χ2v) is 10.1. The summed E-state index contributed by atoms with van der Waals surface area (Å²) in [5.41, 5.74) is 6.15. The summed E-state index contributed by atoms with van der Waals surface area (Å²) in [5, 5.41) is 4.67. The first-order valence-corrected chi connectivity index (χ1v) is 11.9. The summed E-state index contributed by atoms with van der Waals surface area (Å²) < 4.78 is 4.44. The minimum atomic E-state index is -0.310. The number of likely N-dealkylation sites (tertiary alicyclic amines) is 1. The third-order valence-electron chi connectivity index (χ3n) is 8.06. The Kier molecular flexibility index (Phi) is 4.95. The van der Waals surface area contributed by atoms with E-state index in [4.69, 9.17) is 0 Å². The highest BCUT2D eigenvalue weighted by molar-refractivity contribution is 6.51. The third kappa shape index (κ3) is 3.06. The lowest BCUT2D eigenvalue weighted by atomic mass is 9.85. The van der Waals surface area contributed by atoms with Gasteiger partial charge in [0.25, 0.3) is 11.8 Å². The lowest BCUT2D eigenvalue weighted by Crippen LogP contribution is -2.28. The lowest BCUT2D eigenvalue weighted by Gasteiger charge is -2.28. The van der Waals surface area contributed by atoms with Gasteiger partial charge < -0.3 is 14.0 Å². The molecule has 2 amide bonds. The van der Waals surface area contributed by atoms with Crippen molar-refractivity contribution in [2.45, 2.75) is 13.0 Å². The molecule has 0 bridgehead atoms. The van der Waals surface area contributed by atoms with Crippen molar-refractivity contribution in [3.63, 3.8) is 0 Å². The topological polar surface area (TPSA) is 59.3 Å². The normalized spacial score (nSPS) is 22.0. The van der Waals surface area contributed by atoms with E-state index in [9.17, 15) is 9.59 Å². The van der Waals surface area contributed by atoms with Gasteiger partial charge in [-0.15, -0.1) is 12.4 Å². The molecular weight excluding hydrogens is 460 g/mol. The fourth-order valence-corrected chi connectivity index (χ4v) is 6.64. The molecule has 0 saturated carbocycles. The van der Waals surface area contributed by atoms with Crippen LogP contribution in [0.25, 0.3) is 33.0 Å². The number of nitrogens with one attached hydrogen (secondary N) is 1. The predicted molar refractivity (Wildman–Crippen MR) is 140 cm³/mol. The third-order valence-corrected chi connectivity index (χ3v) is 8.06. The summed E-state index contributed by atoms with van der Waals surface area (Å²) in [6, 6.07) is 16.4. The second kappa shape index (κ2) is 7.83. The molecule has 1 fully saturated rings. The van der Waals surface area contributed by atoms with Crippen LogP contribution in [0.2, 0.25) is 0 Å². The van der Waals surface area contributed by atoms with Gasteiger partial charge in [0.1, 0.15) is 0 Å². The van der Waals surface area contributed by atoms with Crippen molar-refractivity contribution in [1.29, 1.82) is 0 Å². The molecule has 2 atom stereocenters. The zero-order valence-corrected chi connectivity index (χ0v) is 20.6. The van der Waals surface area contributed by atoms with Crippen LogP contribution >= 0.6 is 12.4 Å². The smallest absolute Gasteiger partial charge is 0.259 e. The maximum Gasteiger partial charge on any atom is 0.259 e. The zero-order valence-electron chi connectivity index (χ0n) is 19.7. The molecule has 7 heteroatoms. The number of fused-ring (bicyclic) bond motifs is 5. The summed E-state index contributed by atoms with van der Waals surface area (Å²) in [6.07, 6.45) is 2.90. The molecule has 7 rings (SSSR count). The van der Waals surface area contributed by atoms with Crippen molar-refractivity contribution in [3.05, 3.63) is 71.5 Å². The fourth-order valence-electron chi connectivity index (χ4n) is 6.64. The number of carbonyl (C=O) groups is 2. The Morgan fingerprint density at radius 3 is 2.26 bits per heavy atom. The van der Waals surface area contributed by atoms with E-state index in [0.29, 0.717) is 23.0 Å². The Bertz CT molecular complexity index is 1580. The number of aromatic nitrogens is 2. The molecule has 0 aliphatic carbocycles. The number of amides is 2. The number of halogens is 1. The van der Waals surface area contributed by atoms with Gasteiger partial charge in [0.2, 0.25) is 0 Å². The average Bonchev–Trinajstić information content (AvgIpc) is 3.53. The molecule has 178 valence electrons. The van der Waals surface area contributed by atoms with E-state index in [2.05, 4.69) is 40.0 Å². The zero-order chi connectivity index (χ0) is 23.1. The molecule has 35 heavy (non-hydrogen) atoms. The molecule has 3 aliphatic rings. The molecule has 5 heterocycles. The van der Waals surface area contributed by atoms with Gasteiger partial charge in [0.15, 0.2) is 0 Å². The van der Waals surface area contributed by atoms with Gasteiger partial charge in [-0.2, -0.15) is 0 Å². The number of carbonyl (C=O) groups excluding carboxylic acids is 2. The predicted octanol–water partition coefficient (Wildman–Crippen LogP) is 3.86. The monoisotopic (exact) mass is 486 g/mol. The number of rotatable bonds is 2. The van der Waals surface area contributed by atoms with E-state index in [1.54, 1.807) is 0 Å². The molecule has 2 aromatic heterocycles. The summed E-state index contributed by atoms with van der Waals surface area (Å²) in [4.78, 5) is 29.1. The maximum atomic E-state index is 13.4.